The fourth-order valence-corrected chi connectivity index (χ4v) is 2.66. The van der Waals surface area contributed by atoms with E-state index in [4.69, 9.17) is 5.11 Å². The summed E-state index contributed by atoms with van der Waals surface area (Å²) in [5.41, 5.74) is -0.173. The molecule has 1 amide bonds. The quantitative estimate of drug-likeness (QED) is 0.696. The molecule has 0 bridgehead atoms. The smallest absolute Gasteiger partial charge is 0.416 e. The molecule has 0 saturated heterocycles. The Kier molecular flexibility index (Phi) is 6.42. The van der Waals surface area contributed by atoms with Crippen LogP contribution in [0.3, 0.4) is 0 Å². The van der Waals surface area contributed by atoms with Crippen LogP contribution in [0.1, 0.15) is 17.5 Å². The number of hydrogen-bond acceptors (Lipinski definition) is 2. The van der Waals surface area contributed by atoms with Crippen molar-refractivity contribution < 1.29 is 27.9 Å². The molecule has 0 fully saturated rings. The highest BCUT2D eigenvalue weighted by molar-refractivity contribution is 9.10. The number of amides is 1. The van der Waals surface area contributed by atoms with Crippen LogP contribution in [0.4, 0.5) is 18.9 Å². The van der Waals surface area contributed by atoms with Gasteiger partial charge < -0.3 is 10.4 Å². The average Bonchev–Trinajstić information content (AvgIpc) is 2.55. The number of hydrogen-bond donors (Lipinski definition) is 2. The first-order valence-electron chi connectivity index (χ1n) is 7.59. The molecule has 0 spiro atoms. The van der Waals surface area contributed by atoms with Gasteiger partial charge in [-0.2, -0.15) is 13.2 Å². The molecule has 2 N–H and O–H groups in total. The highest BCUT2D eigenvalue weighted by Gasteiger charge is 2.31. The first-order valence-corrected chi connectivity index (χ1v) is 8.39. The molecule has 0 saturated carbocycles. The zero-order valence-electron chi connectivity index (χ0n) is 13.4. The molecule has 0 aromatic heterocycles. The SMILES string of the molecule is O=C(O)C[C@H](Cc1ccc(Br)cc1)C(=O)Nc1cccc(C(F)(F)F)c1. The van der Waals surface area contributed by atoms with Gasteiger partial charge in [-0.05, 0) is 42.3 Å². The Hall–Kier alpha value is -2.35. The lowest BCUT2D eigenvalue weighted by molar-refractivity contribution is -0.140. The Morgan fingerprint density at radius 2 is 1.77 bits per heavy atom. The van der Waals surface area contributed by atoms with Gasteiger partial charge in [0.25, 0.3) is 0 Å². The maximum absolute atomic E-state index is 12.8. The molecule has 0 heterocycles. The minimum absolute atomic E-state index is 0.0315. The van der Waals surface area contributed by atoms with Gasteiger partial charge in [0, 0.05) is 10.2 Å². The molecule has 4 nitrogen and oxygen atoms in total. The normalized spacial score (nSPS) is 12.5. The number of carbonyl (C=O) groups is 2. The van der Waals surface area contributed by atoms with E-state index in [2.05, 4.69) is 21.2 Å². The number of carboxylic acid groups (broad SMARTS) is 1. The van der Waals surface area contributed by atoms with Crippen LogP contribution in [0.15, 0.2) is 53.0 Å². The van der Waals surface area contributed by atoms with Gasteiger partial charge in [-0.15, -0.1) is 0 Å². The average molecular weight is 430 g/mol. The summed E-state index contributed by atoms with van der Waals surface area (Å²) in [5, 5.41) is 11.4. The van der Waals surface area contributed by atoms with Crippen molar-refractivity contribution in [1.29, 1.82) is 0 Å². The van der Waals surface area contributed by atoms with Gasteiger partial charge in [-0.3, -0.25) is 9.59 Å². The number of carboxylic acids is 1. The second kappa shape index (κ2) is 8.35. The third-order valence-corrected chi connectivity index (χ3v) is 4.17. The Labute approximate surface area is 156 Å². The third-order valence-electron chi connectivity index (χ3n) is 3.64. The van der Waals surface area contributed by atoms with Crippen molar-refractivity contribution in [3.8, 4) is 0 Å². The maximum Gasteiger partial charge on any atom is 0.416 e. The zero-order valence-corrected chi connectivity index (χ0v) is 15.0. The largest absolute Gasteiger partial charge is 0.481 e. The van der Waals surface area contributed by atoms with Crippen LogP contribution >= 0.6 is 15.9 Å². The second-order valence-corrected chi connectivity index (χ2v) is 6.61. The lowest BCUT2D eigenvalue weighted by Crippen LogP contribution is -2.27. The maximum atomic E-state index is 12.8. The van der Waals surface area contributed by atoms with Crippen LogP contribution in [0.2, 0.25) is 0 Å². The molecule has 8 heteroatoms. The van der Waals surface area contributed by atoms with E-state index in [-0.39, 0.29) is 12.1 Å². The highest BCUT2D eigenvalue weighted by atomic mass is 79.9. The molecule has 0 unspecified atom stereocenters. The summed E-state index contributed by atoms with van der Waals surface area (Å²) in [6.07, 6.45) is -4.80. The zero-order chi connectivity index (χ0) is 19.3. The van der Waals surface area contributed by atoms with Gasteiger partial charge in [-0.25, -0.2) is 0 Å². The van der Waals surface area contributed by atoms with Crippen LogP contribution in [0.5, 0.6) is 0 Å². The molecule has 1 atom stereocenters. The van der Waals surface area contributed by atoms with Crippen LogP contribution in [-0.2, 0) is 22.2 Å². The molecular weight excluding hydrogens is 415 g/mol. The number of rotatable bonds is 6. The predicted octanol–water partition coefficient (Wildman–Crippen LogP) is 4.74. The lowest BCUT2D eigenvalue weighted by Gasteiger charge is -2.16. The molecule has 0 aliphatic carbocycles. The summed E-state index contributed by atoms with van der Waals surface area (Å²) in [6.45, 7) is 0. The van der Waals surface area contributed by atoms with Crippen molar-refractivity contribution in [2.75, 3.05) is 5.32 Å². The van der Waals surface area contributed by atoms with Crippen molar-refractivity contribution in [1.82, 2.24) is 0 Å². The summed E-state index contributed by atoms with van der Waals surface area (Å²) in [7, 11) is 0. The summed E-state index contributed by atoms with van der Waals surface area (Å²) >= 11 is 3.28. The minimum atomic E-state index is -4.53. The van der Waals surface area contributed by atoms with Crippen molar-refractivity contribution in [2.45, 2.75) is 19.0 Å². The highest BCUT2D eigenvalue weighted by Crippen LogP contribution is 2.31. The van der Waals surface area contributed by atoms with Crippen molar-refractivity contribution in [2.24, 2.45) is 5.92 Å². The molecule has 2 rings (SSSR count). The Morgan fingerprint density at radius 1 is 1.12 bits per heavy atom. The minimum Gasteiger partial charge on any atom is -0.481 e. The first kappa shape index (κ1) is 20.0. The molecule has 0 radical (unpaired) electrons. The summed E-state index contributed by atoms with van der Waals surface area (Å²) in [5.74, 6) is -2.72. The third kappa shape index (κ3) is 5.87. The molecule has 26 heavy (non-hydrogen) atoms. The predicted molar refractivity (Wildman–Crippen MR) is 93.7 cm³/mol. The van der Waals surface area contributed by atoms with Gasteiger partial charge in [-0.1, -0.05) is 34.1 Å². The van der Waals surface area contributed by atoms with E-state index >= 15 is 0 Å². The van der Waals surface area contributed by atoms with Crippen molar-refractivity contribution in [3.63, 3.8) is 0 Å². The Balaban J connectivity index is 2.16. The summed E-state index contributed by atoms with van der Waals surface area (Å²) in [6, 6.07) is 11.2. The van der Waals surface area contributed by atoms with Crippen LogP contribution in [0.25, 0.3) is 0 Å². The summed E-state index contributed by atoms with van der Waals surface area (Å²) in [4.78, 5) is 23.5. The van der Waals surface area contributed by atoms with Gasteiger partial charge in [0.05, 0.1) is 17.9 Å². The number of nitrogens with one attached hydrogen (secondary N) is 1. The van der Waals surface area contributed by atoms with Crippen LogP contribution < -0.4 is 5.32 Å². The standard InChI is InChI=1S/C18H15BrF3NO3/c19-14-6-4-11(5-7-14)8-12(9-16(24)25)17(26)23-15-3-1-2-13(10-15)18(20,21)22/h1-7,10,12H,8-9H2,(H,23,26)(H,24,25)/t12-/m0/s1. The topological polar surface area (TPSA) is 66.4 Å². The van der Waals surface area contributed by atoms with Gasteiger partial charge >= 0.3 is 12.1 Å². The van der Waals surface area contributed by atoms with E-state index in [0.717, 1.165) is 22.2 Å². The summed E-state index contributed by atoms with van der Waals surface area (Å²) < 4.78 is 39.1. The second-order valence-electron chi connectivity index (χ2n) is 5.69. The van der Waals surface area contributed by atoms with Gasteiger partial charge in [0.2, 0.25) is 5.91 Å². The molecule has 0 aliphatic rings. The molecule has 2 aromatic carbocycles. The van der Waals surface area contributed by atoms with E-state index in [1.165, 1.54) is 12.1 Å². The van der Waals surface area contributed by atoms with Crippen molar-refractivity contribution in [3.05, 3.63) is 64.1 Å². The van der Waals surface area contributed by atoms with Crippen molar-refractivity contribution >= 4 is 33.5 Å². The van der Waals surface area contributed by atoms with Gasteiger partial charge in [0.1, 0.15) is 0 Å². The molecule has 2 aromatic rings. The van der Waals surface area contributed by atoms with E-state index in [1.807, 2.05) is 0 Å². The Bertz CT molecular complexity index is 791. The first-order chi connectivity index (χ1) is 12.1. The van der Waals surface area contributed by atoms with E-state index < -0.39 is 36.0 Å². The molecule has 0 aliphatic heterocycles. The molecular formula is C18H15BrF3NO3. The van der Waals surface area contributed by atoms with Crippen LogP contribution in [-0.4, -0.2) is 17.0 Å². The lowest BCUT2D eigenvalue weighted by atomic mass is 9.95. The Morgan fingerprint density at radius 3 is 2.35 bits per heavy atom. The van der Waals surface area contributed by atoms with Crippen LogP contribution in [0, 0.1) is 5.92 Å². The van der Waals surface area contributed by atoms with E-state index in [0.29, 0.717) is 0 Å². The number of carbonyl (C=O) groups excluding carboxylic acids is 1. The fraction of sp³-hybridized carbons (Fsp3) is 0.222. The number of halogens is 4. The molecule has 138 valence electrons. The number of benzene rings is 2. The van der Waals surface area contributed by atoms with E-state index in [1.54, 1.807) is 24.3 Å². The number of anilines is 1. The number of aliphatic carboxylic acids is 1. The monoisotopic (exact) mass is 429 g/mol. The van der Waals surface area contributed by atoms with E-state index in [9.17, 15) is 22.8 Å². The van der Waals surface area contributed by atoms with Gasteiger partial charge in [0.15, 0.2) is 0 Å². The fourth-order valence-electron chi connectivity index (χ4n) is 2.39. The number of alkyl halides is 3.